The third kappa shape index (κ3) is 19.0. The number of hydrogen-bond donors (Lipinski definition) is 0. The lowest BCUT2D eigenvalue weighted by molar-refractivity contribution is -0.138. The summed E-state index contributed by atoms with van der Waals surface area (Å²) in [5.41, 5.74) is -12.0. The van der Waals surface area contributed by atoms with Crippen LogP contribution in [-0.4, -0.2) is 119 Å². The number of benzene rings is 8. The van der Waals surface area contributed by atoms with E-state index in [2.05, 4.69) is 0 Å². The van der Waals surface area contributed by atoms with E-state index in [1.807, 2.05) is 0 Å². The molecule has 0 bridgehead atoms. The summed E-state index contributed by atoms with van der Waals surface area (Å²) in [5.74, 6) is -11.4. The first-order valence-corrected chi connectivity index (χ1v) is 33.2. The number of rotatable bonds is 24. The fourth-order valence-electron chi connectivity index (χ4n) is 10.2. The van der Waals surface area contributed by atoms with Crippen LogP contribution in [0.2, 0.25) is 0 Å². The molecule has 0 aliphatic carbocycles. The van der Waals surface area contributed by atoms with Crippen LogP contribution in [0.25, 0.3) is 44.1 Å². The first kappa shape index (κ1) is 43.7. The van der Waals surface area contributed by atoms with Crippen LogP contribution in [0.5, 0.6) is 0 Å². The number of aromatic nitrogens is 2. The Kier molecular flexibility index (Phi) is 14.5. The molecule has 2 aliphatic rings. The SMILES string of the molecule is [2H]C(C)(c1ccc(-c2ccc(C(F)(F)F)cc2)cc1)N(C(=O)Cn1c(SCc2cccc(F)c2F)cc(=O)c2ccccc21)C1([2H])C([2H])([2H])C([2H])([2H])N(CCOC)C([2H])([2H])C1([2H])[2H].[2H]c1c([2H])c(F)c(F)c(CSc2c([2H])c(=O)c3c([2H])c([2H])c([2H])c([2H])c3n2CC(=O)N(C([2H])([2H])c2c([2H])c([2H])c(-c3c([2H])c([2H])c(C(F)(F)F)c([2H])c3[2H])c([2H])c2C)C2([2H])C([2H])([2H])C([2H])([2H])N(CCOC)C([2H])([2H])C2([2H])[2H])c1[2H]. The summed E-state index contributed by atoms with van der Waals surface area (Å²) in [4.78, 5) is 57.9. The zero-order valence-electron chi connectivity index (χ0n) is 91.6. The summed E-state index contributed by atoms with van der Waals surface area (Å²) in [7, 11) is 2.22. The highest BCUT2D eigenvalue weighted by Gasteiger charge is 2.35. The number of piperidine rings is 2. The fourth-order valence-corrected chi connectivity index (χ4v) is 12.2. The zero-order valence-corrected chi connectivity index (χ0v) is 57.3. The van der Waals surface area contributed by atoms with Gasteiger partial charge < -0.3 is 38.2 Å². The summed E-state index contributed by atoms with van der Waals surface area (Å²) < 4.78 is 475. The third-order valence-corrected chi connectivity index (χ3v) is 17.7. The number of pyridine rings is 2. The molecule has 2 aliphatic heterocycles. The number of hydrogen-bond acceptors (Lipinski definition) is 10. The van der Waals surface area contributed by atoms with Gasteiger partial charge in [-0.15, -0.1) is 23.5 Å². The molecule has 0 spiro atoms. The largest absolute Gasteiger partial charge is 0.416 e. The third-order valence-electron chi connectivity index (χ3n) is 15.6. The van der Waals surface area contributed by atoms with Gasteiger partial charge >= 0.3 is 12.4 Å². The lowest BCUT2D eigenvalue weighted by Gasteiger charge is -2.42. The summed E-state index contributed by atoms with van der Waals surface area (Å²) in [6, 6.07) is -12.7. The minimum atomic E-state index is -5.52. The van der Waals surface area contributed by atoms with Crippen molar-refractivity contribution >= 4 is 57.1 Å². The van der Waals surface area contributed by atoms with Gasteiger partial charge in [0.2, 0.25) is 11.8 Å². The molecule has 1 atom stereocenters. The first-order valence-electron chi connectivity index (χ1n) is 49.2. The van der Waals surface area contributed by atoms with Crippen LogP contribution in [0.15, 0.2) is 207 Å². The molecule has 4 heterocycles. The van der Waals surface area contributed by atoms with E-state index in [4.69, 9.17) is 41.0 Å². The predicted octanol–water partition coefficient (Wildman–Crippen LogP) is 17.7. The standard InChI is InChI=1S/2C41H40F5N3O3S/c1-27(28-10-12-29(13-11-28)30-14-16-32(17-15-30)41(44,45)46)49(33-18-20-47(21-19-33)22-23-52-2)38(51)25-48-36-9-4-3-7-34(36)37(50)24-39(48)53-26-31-6-5-8-35(42)40(31)43;1-27-22-29(28-12-14-32(15-13-28)41(44,45)46)10-11-30(27)24-48(33-16-18-47(19-17-33)20-21-52-2)38(51)25-49-36-9-4-3-7-34(36)37(50)23-39(49)53-26-31-6-5-8-35(42)40(31)43/h3-17,24,27,33H,18-23,25-26H2,1-2H3;3-15,22-23,33H,16-21,24-26H2,1-2H3/i18D2,19D2,20D2,21D2,27D,33D;3D,4D,5D,6D,7D,8D,9D,10D,11D,12D,13D,14D,15D,16D2,17D2,18D2,19D2,22D,23D,24D2,33D. The van der Waals surface area contributed by atoms with E-state index in [0.717, 1.165) is 50.1 Å². The first-order chi connectivity index (χ1) is 65.0. The van der Waals surface area contributed by atoms with E-state index in [1.165, 1.54) is 84.5 Å². The number of halogens is 10. The van der Waals surface area contributed by atoms with E-state index in [-0.39, 0.29) is 63.8 Å². The Bertz CT molecular complexity index is 6730. The molecule has 8 aromatic carbocycles. The van der Waals surface area contributed by atoms with Crippen LogP contribution >= 0.6 is 23.5 Å². The maximum atomic E-state index is 15.8. The topological polar surface area (TPSA) is 110 Å². The highest BCUT2D eigenvalue weighted by Crippen LogP contribution is 2.37. The Labute approximate surface area is 667 Å². The molecule has 1 unspecified atom stereocenters. The van der Waals surface area contributed by atoms with E-state index in [9.17, 15) is 66.9 Å². The molecule has 2 saturated heterocycles. The van der Waals surface area contributed by atoms with Crippen molar-refractivity contribution in [2.45, 2.75) is 111 Å². The van der Waals surface area contributed by atoms with Crippen LogP contribution < -0.4 is 10.9 Å². The second-order valence-corrected chi connectivity index (χ2v) is 24.5. The number of carbonyl (C=O) groups is 2. The van der Waals surface area contributed by atoms with Gasteiger partial charge in [-0.3, -0.25) is 19.2 Å². The monoisotopic (exact) mass is 1530 g/mol. The lowest BCUT2D eigenvalue weighted by Crippen LogP contribution is -2.49. The number of likely N-dealkylation sites (tertiary alicyclic amines) is 2. The number of fused-ring (bicyclic) bond motifs is 2. The summed E-state index contributed by atoms with van der Waals surface area (Å²) >= 11 is 0.796. The Hall–Kier alpha value is -9.04. The van der Waals surface area contributed by atoms with Gasteiger partial charge in [-0.1, -0.05) is 115 Å². The maximum absolute atomic E-state index is 15.8. The van der Waals surface area contributed by atoms with Gasteiger partial charge in [-0.05, 0) is 139 Å². The van der Waals surface area contributed by atoms with Crippen molar-refractivity contribution in [2.75, 3.05) is 66.5 Å². The molecule has 556 valence electrons. The summed E-state index contributed by atoms with van der Waals surface area (Å²) in [5, 5.41) is -2.17. The van der Waals surface area contributed by atoms with Gasteiger partial charge in [0.1, 0.15) is 13.1 Å². The molecule has 12 rings (SSSR count). The number of para-hydroxylation sites is 2. The van der Waals surface area contributed by atoms with Crippen molar-refractivity contribution in [3.8, 4) is 22.3 Å². The molecular formula is C82H80F10N6O6S2. The average Bonchev–Trinajstić information content (AvgIpc) is 0.661. The second kappa shape index (κ2) is 35.1. The van der Waals surface area contributed by atoms with Gasteiger partial charge in [0.15, 0.2) is 34.1 Å². The minimum Gasteiger partial charge on any atom is -0.383 e. The molecule has 0 N–H and O–H groups in total. The fraction of sp³-hybridized carbons (Fsp3) is 0.317. The minimum absolute atomic E-state index is 0.000112. The van der Waals surface area contributed by atoms with Crippen molar-refractivity contribution in [1.82, 2.24) is 28.7 Å². The van der Waals surface area contributed by atoms with Crippen molar-refractivity contribution in [1.29, 1.82) is 0 Å². The molecular weight excluding hydrogens is 1420 g/mol. The number of alkyl halides is 6. The molecule has 10 aromatic rings. The van der Waals surface area contributed by atoms with Crippen LogP contribution in [0.3, 0.4) is 0 Å². The summed E-state index contributed by atoms with van der Waals surface area (Å²) in [6.45, 7) is -23.9. The quantitative estimate of drug-likeness (QED) is 0.0428. The van der Waals surface area contributed by atoms with Crippen LogP contribution in [-0.2, 0) is 62.5 Å². The van der Waals surface area contributed by atoms with Gasteiger partial charge in [-0.25, -0.2) is 17.6 Å². The van der Waals surface area contributed by atoms with E-state index < -0.39 is 330 Å². The van der Waals surface area contributed by atoms with Crippen LogP contribution in [0.1, 0.15) is 127 Å². The average molecular weight is 1540 g/mol. The number of carbonyl (C=O) groups excluding carboxylic acids is 2. The van der Waals surface area contributed by atoms with Crippen molar-refractivity contribution in [3.63, 3.8) is 0 Å². The molecule has 24 heteroatoms. The van der Waals surface area contributed by atoms with Gasteiger partial charge in [0.05, 0.1) is 78.9 Å². The van der Waals surface area contributed by atoms with E-state index in [0.29, 0.717) is 18.1 Å². The van der Waals surface area contributed by atoms with Crippen LogP contribution in [0, 0.1) is 30.2 Å². The number of ether oxygens (including phenoxy) is 2. The number of nitrogens with zero attached hydrogens (tertiary/aromatic N) is 6. The Morgan fingerprint density at radius 3 is 1.81 bits per heavy atom. The highest BCUT2D eigenvalue weighted by atomic mass is 32.2. The second-order valence-electron chi connectivity index (χ2n) is 22.5. The lowest BCUT2D eigenvalue weighted by atomic mass is 9.96. The maximum Gasteiger partial charge on any atom is 0.416 e. The molecule has 2 fully saturated rings. The van der Waals surface area contributed by atoms with Gasteiger partial charge in [0, 0.05) is 139 Å². The normalized spacial score (nSPS) is 24.2. The Morgan fingerprint density at radius 2 is 1.16 bits per heavy atom. The number of amides is 2. The van der Waals surface area contributed by atoms with E-state index in [1.54, 1.807) is 0 Å². The number of thioether (sulfide) groups is 2. The van der Waals surface area contributed by atoms with Gasteiger partial charge in [-0.2, -0.15) is 26.3 Å². The van der Waals surface area contributed by atoms with Crippen molar-refractivity contribution in [2.24, 2.45) is 0 Å². The molecule has 0 saturated carbocycles. The van der Waals surface area contributed by atoms with Crippen molar-refractivity contribution < 1.29 is 112 Å². The molecule has 2 amide bonds. The summed E-state index contributed by atoms with van der Waals surface area (Å²) in [6.07, 6.45) is -26.9. The molecule has 106 heavy (non-hydrogen) atoms. The molecule has 12 nitrogen and oxygen atoms in total. The van der Waals surface area contributed by atoms with Crippen molar-refractivity contribution in [3.05, 3.63) is 270 Å². The molecule has 0 radical (unpaired) electrons. The van der Waals surface area contributed by atoms with Crippen LogP contribution in [0.4, 0.5) is 43.9 Å². The zero-order chi connectivity index (χ0) is 107. The van der Waals surface area contributed by atoms with E-state index >= 15 is 14.0 Å². The highest BCUT2D eigenvalue weighted by molar-refractivity contribution is 7.98. The smallest absolute Gasteiger partial charge is 0.383 e. The molecule has 2 aromatic heterocycles. The Morgan fingerprint density at radius 1 is 0.585 bits per heavy atom. The Balaban J connectivity index is 0.000000278. The number of methoxy groups -OCH3 is 2. The predicted molar refractivity (Wildman–Crippen MR) is 395 cm³/mol. The van der Waals surface area contributed by atoms with Gasteiger partial charge in [0.25, 0.3) is 0 Å².